The summed E-state index contributed by atoms with van der Waals surface area (Å²) < 4.78 is 31.0. The van der Waals surface area contributed by atoms with Gasteiger partial charge in [-0.3, -0.25) is 4.79 Å². The predicted octanol–water partition coefficient (Wildman–Crippen LogP) is 0.550. The van der Waals surface area contributed by atoms with Crippen LogP contribution in [0.5, 0.6) is 0 Å². The highest BCUT2D eigenvalue weighted by Gasteiger charge is 2.52. The summed E-state index contributed by atoms with van der Waals surface area (Å²) in [6, 6.07) is 6.33. The van der Waals surface area contributed by atoms with Crippen molar-refractivity contribution in [3.05, 3.63) is 29.8 Å². The van der Waals surface area contributed by atoms with Gasteiger partial charge in [0.2, 0.25) is 10.0 Å². The van der Waals surface area contributed by atoms with E-state index >= 15 is 0 Å². The van der Waals surface area contributed by atoms with E-state index in [4.69, 9.17) is 10.5 Å². The maximum Gasteiger partial charge on any atom is 0.316 e. The van der Waals surface area contributed by atoms with Gasteiger partial charge in [0.05, 0.1) is 17.4 Å². The highest BCUT2D eigenvalue weighted by molar-refractivity contribution is 7.89. The summed E-state index contributed by atoms with van der Waals surface area (Å²) in [6.45, 7) is 0.430. The van der Waals surface area contributed by atoms with Crippen LogP contribution >= 0.6 is 12.4 Å². The van der Waals surface area contributed by atoms with Crippen molar-refractivity contribution in [3.63, 3.8) is 0 Å². The fourth-order valence-corrected chi connectivity index (χ4v) is 3.21. The van der Waals surface area contributed by atoms with Crippen LogP contribution in [0.2, 0.25) is 0 Å². The van der Waals surface area contributed by atoms with Gasteiger partial charge in [0.15, 0.2) is 0 Å². The number of hydrogen-bond acceptors (Lipinski definition) is 5. The largest absolute Gasteiger partial charge is 0.468 e. The van der Waals surface area contributed by atoms with Crippen LogP contribution in [-0.2, 0) is 25.0 Å². The van der Waals surface area contributed by atoms with Gasteiger partial charge < -0.3 is 10.5 Å². The number of ether oxygens (including phenoxy) is 1. The Bertz CT molecular complexity index is 597. The Kier molecular flexibility index (Phi) is 5.75. The van der Waals surface area contributed by atoms with Crippen LogP contribution in [0.1, 0.15) is 18.4 Å². The first-order valence-electron chi connectivity index (χ1n) is 6.35. The molecule has 2 rings (SSSR count). The molecule has 1 aromatic rings. The Morgan fingerprint density at radius 3 is 2.33 bits per heavy atom. The normalized spacial score (nSPS) is 15.9. The van der Waals surface area contributed by atoms with Gasteiger partial charge in [-0.05, 0) is 30.5 Å². The van der Waals surface area contributed by atoms with Gasteiger partial charge in [0, 0.05) is 13.1 Å². The second kappa shape index (κ2) is 6.74. The molecule has 1 aromatic carbocycles. The zero-order chi connectivity index (χ0) is 14.8. The SMILES string of the molecule is COC(=O)C1(c2ccc(S(=O)(=O)NCCN)cc2)CC1.Cl. The molecule has 0 spiro atoms. The minimum atomic E-state index is -3.54. The molecule has 0 aliphatic heterocycles. The van der Waals surface area contributed by atoms with Crippen molar-refractivity contribution >= 4 is 28.4 Å². The molecule has 1 saturated carbocycles. The lowest BCUT2D eigenvalue weighted by Crippen LogP contribution is -2.29. The average molecular weight is 335 g/mol. The number of carbonyl (C=O) groups is 1. The summed E-state index contributed by atoms with van der Waals surface area (Å²) >= 11 is 0. The minimum Gasteiger partial charge on any atom is -0.468 e. The molecule has 0 unspecified atom stereocenters. The average Bonchev–Trinajstić information content (AvgIpc) is 3.26. The third-order valence-corrected chi connectivity index (χ3v) is 4.96. The van der Waals surface area contributed by atoms with Crippen molar-refractivity contribution in [2.75, 3.05) is 20.2 Å². The number of carbonyl (C=O) groups excluding carboxylic acids is 1. The third-order valence-electron chi connectivity index (χ3n) is 3.48. The van der Waals surface area contributed by atoms with Gasteiger partial charge in [-0.15, -0.1) is 12.4 Å². The van der Waals surface area contributed by atoms with Crippen LogP contribution in [-0.4, -0.2) is 34.6 Å². The van der Waals surface area contributed by atoms with Crippen LogP contribution < -0.4 is 10.5 Å². The predicted molar refractivity (Wildman–Crippen MR) is 80.9 cm³/mol. The van der Waals surface area contributed by atoms with Gasteiger partial charge >= 0.3 is 5.97 Å². The minimum absolute atomic E-state index is 0. The summed E-state index contributed by atoms with van der Waals surface area (Å²) in [4.78, 5) is 11.9. The lowest BCUT2D eigenvalue weighted by atomic mass is 9.96. The van der Waals surface area contributed by atoms with Crippen molar-refractivity contribution < 1.29 is 17.9 Å². The summed E-state index contributed by atoms with van der Waals surface area (Å²) in [6.07, 6.45) is 1.47. The van der Waals surface area contributed by atoms with Crippen molar-refractivity contribution in [1.29, 1.82) is 0 Å². The lowest BCUT2D eigenvalue weighted by Gasteiger charge is -2.13. The van der Waals surface area contributed by atoms with Gasteiger partial charge in [0.1, 0.15) is 0 Å². The molecule has 3 N–H and O–H groups in total. The molecule has 1 aliphatic rings. The van der Waals surface area contributed by atoms with Crippen LogP contribution in [0, 0.1) is 0 Å². The summed E-state index contributed by atoms with van der Waals surface area (Å²) in [5.41, 5.74) is 5.49. The number of halogens is 1. The molecule has 0 atom stereocenters. The number of sulfonamides is 1. The smallest absolute Gasteiger partial charge is 0.316 e. The molecule has 1 aliphatic carbocycles. The molecule has 6 nitrogen and oxygen atoms in total. The van der Waals surface area contributed by atoms with Crippen LogP contribution in [0.4, 0.5) is 0 Å². The van der Waals surface area contributed by atoms with E-state index in [1.165, 1.54) is 19.2 Å². The standard InChI is InChI=1S/C13H18N2O4S.ClH/c1-19-12(16)13(6-7-13)10-2-4-11(5-3-10)20(17,18)15-9-8-14;/h2-5,15H,6-9,14H2,1H3;1H. The topological polar surface area (TPSA) is 98.5 Å². The number of nitrogens with two attached hydrogens (primary N) is 1. The quantitative estimate of drug-likeness (QED) is 0.740. The number of methoxy groups -OCH3 is 1. The molecule has 0 heterocycles. The van der Waals surface area contributed by atoms with Crippen LogP contribution in [0.15, 0.2) is 29.2 Å². The van der Waals surface area contributed by atoms with Gasteiger partial charge in [-0.25, -0.2) is 13.1 Å². The molecule has 0 amide bonds. The summed E-state index contributed by atoms with van der Waals surface area (Å²) in [5.74, 6) is -0.269. The fraction of sp³-hybridized carbons (Fsp3) is 0.462. The molecule has 0 aromatic heterocycles. The van der Waals surface area contributed by atoms with E-state index in [-0.39, 0.29) is 36.4 Å². The molecular weight excluding hydrogens is 316 g/mol. The zero-order valence-corrected chi connectivity index (χ0v) is 13.3. The Labute approximate surface area is 130 Å². The maximum atomic E-state index is 11.9. The van der Waals surface area contributed by atoms with E-state index in [9.17, 15) is 13.2 Å². The first-order chi connectivity index (χ1) is 9.46. The van der Waals surface area contributed by atoms with E-state index in [2.05, 4.69) is 4.72 Å². The number of benzene rings is 1. The van der Waals surface area contributed by atoms with Crippen molar-refractivity contribution in [1.82, 2.24) is 4.72 Å². The number of rotatable bonds is 6. The molecule has 1 fully saturated rings. The number of nitrogens with one attached hydrogen (secondary N) is 1. The van der Waals surface area contributed by atoms with Crippen LogP contribution in [0.25, 0.3) is 0 Å². The van der Waals surface area contributed by atoms with E-state index in [0.29, 0.717) is 0 Å². The zero-order valence-electron chi connectivity index (χ0n) is 11.7. The highest BCUT2D eigenvalue weighted by atomic mass is 35.5. The van der Waals surface area contributed by atoms with Gasteiger partial charge in [0.25, 0.3) is 0 Å². The molecular formula is C13H19ClN2O4S. The maximum absolute atomic E-state index is 11.9. The van der Waals surface area contributed by atoms with Gasteiger partial charge in [-0.2, -0.15) is 0 Å². The molecule has 0 saturated heterocycles. The van der Waals surface area contributed by atoms with Crippen molar-refractivity contribution in [2.45, 2.75) is 23.2 Å². The Hall–Kier alpha value is -1.15. The Morgan fingerprint density at radius 1 is 1.33 bits per heavy atom. The lowest BCUT2D eigenvalue weighted by molar-refractivity contribution is -0.143. The van der Waals surface area contributed by atoms with Crippen molar-refractivity contribution in [3.8, 4) is 0 Å². The van der Waals surface area contributed by atoms with E-state index < -0.39 is 15.4 Å². The van der Waals surface area contributed by atoms with E-state index in [1.54, 1.807) is 12.1 Å². The summed E-state index contributed by atoms with van der Waals surface area (Å²) in [7, 11) is -2.18. The number of hydrogen-bond donors (Lipinski definition) is 2. The molecule has 8 heteroatoms. The fourth-order valence-electron chi connectivity index (χ4n) is 2.16. The number of esters is 1. The van der Waals surface area contributed by atoms with Crippen LogP contribution in [0.3, 0.4) is 0 Å². The van der Waals surface area contributed by atoms with E-state index in [1.807, 2.05) is 0 Å². The first kappa shape index (κ1) is 17.9. The monoisotopic (exact) mass is 334 g/mol. The first-order valence-corrected chi connectivity index (χ1v) is 7.83. The second-order valence-corrected chi connectivity index (χ2v) is 6.55. The Morgan fingerprint density at radius 2 is 1.90 bits per heavy atom. The third kappa shape index (κ3) is 3.55. The highest BCUT2D eigenvalue weighted by Crippen LogP contribution is 2.49. The molecule has 0 radical (unpaired) electrons. The second-order valence-electron chi connectivity index (χ2n) is 4.78. The molecule has 0 bridgehead atoms. The summed E-state index contributed by atoms with van der Waals surface area (Å²) in [5, 5.41) is 0. The molecule has 118 valence electrons. The van der Waals surface area contributed by atoms with Gasteiger partial charge in [-0.1, -0.05) is 12.1 Å². The Balaban J connectivity index is 0.00000220. The molecule has 21 heavy (non-hydrogen) atoms. The van der Waals surface area contributed by atoms with E-state index in [0.717, 1.165) is 18.4 Å². The van der Waals surface area contributed by atoms with Crippen molar-refractivity contribution in [2.24, 2.45) is 5.73 Å².